The van der Waals surface area contributed by atoms with Crippen molar-refractivity contribution in [3.63, 3.8) is 0 Å². The molecule has 0 amide bonds. The molecule has 0 aromatic rings. The highest BCUT2D eigenvalue weighted by Gasteiger charge is 1.81. The van der Waals surface area contributed by atoms with E-state index in [2.05, 4.69) is 11.3 Å². The Morgan fingerprint density at radius 1 is 1.56 bits per heavy atom. The summed E-state index contributed by atoms with van der Waals surface area (Å²) < 4.78 is 25.8. The van der Waals surface area contributed by atoms with Crippen LogP contribution in [0.4, 0.5) is 8.78 Å². The lowest BCUT2D eigenvalue weighted by Gasteiger charge is -1.92. The van der Waals surface area contributed by atoms with E-state index in [1.807, 2.05) is 0 Å². The molecule has 0 saturated heterocycles. The smallest absolute Gasteiger partial charge is 0.146 e. The Morgan fingerprint density at radius 2 is 1.89 bits per heavy atom. The average molecular weight is 138 g/mol. The first-order valence-corrected chi connectivity index (χ1v) is 2.56. The van der Waals surface area contributed by atoms with Crippen LogP contribution in [0.15, 0.2) is 12.3 Å². The van der Waals surface area contributed by atoms with E-state index in [9.17, 15) is 8.78 Å². The topological polar surface area (TPSA) is 9.23 Å². The largest absolute Gasteiger partial charge is 0.499 e. The molecule has 3 heteroatoms. The zero-order chi connectivity index (χ0) is 7.70. The van der Waals surface area contributed by atoms with Gasteiger partial charge in [-0.2, -0.15) is 0 Å². The maximum absolute atomic E-state index is 11.2. The third-order valence-corrected chi connectivity index (χ3v) is 0.438. The summed E-state index contributed by atoms with van der Waals surface area (Å²) in [6, 6.07) is 0. The van der Waals surface area contributed by atoms with Crippen molar-refractivity contribution in [2.75, 3.05) is 20.5 Å². The molecule has 1 nitrogen and oxygen atoms in total. The highest BCUT2D eigenvalue weighted by Crippen LogP contribution is 1.87. The molecule has 56 valence electrons. The van der Waals surface area contributed by atoms with E-state index in [0.717, 1.165) is 0 Å². The summed E-state index contributed by atoms with van der Waals surface area (Å²) in [6.45, 7) is 3.82. The third-order valence-electron chi connectivity index (χ3n) is 0.438. The minimum Gasteiger partial charge on any atom is -0.499 e. The molecule has 0 fully saturated rings. The highest BCUT2D eigenvalue weighted by molar-refractivity contribution is 4.79. The summed E-state index contributed by atoms with van der Waals surface area (Å²) in [7, 11) is 1.39. The summed E-state index contributed by atoms with van der Waals surface area (Å²) in [6.07, 6.45) is 0. The van der Waals surface area contributed by atoms with E-state index in [0.29, 0.717) is 0 Å². The molecule has 0 radical (unpaired) electrons. The fourth-order valence-corrected chi connectivity index (χ4v) is 0.0546. The Morgan fingerprint density at radius 3 is 1.89 bits per heavy atom. The number of alkyl halides is 2. The normalized spacial score (nSPS) is 7.11. The molecule has 0 atom stereocenters. The van der Waals surface area contributed by atoms with Crippen molar-refractivity contribution in [1.82, 2.24) is 0 Å². The van der Waals surface area contributed by atoms with Crippen molar-refractivity contribution in [1.29, 1.82) is 0 Å². The summed E-state index contributed by atoms with van der Waals surface area (Å²) in [5, 5.41) is 0. The predicted octanol–water partition coefficient (Wildman–Crippen LogP) is 2.09. The van der Waals surface area contributed by atoms with Gasteiger partial charge in [0.05, 0.1) is 13.8 Å². The number of hydrogen-bond acceptors (Lipinski definition) is 1. The van der Waals surface area contributed by atoms with E-state index in [1.54, 1.807) is 0 Å². The van der Waals surface area contributed by atoms with E-state index in [1.165, 1.54) is 14.0 Å². The van der Waals surface area contributed by atoms with Crippen LogP contribution in [0.3, 0.4) is 0 Å². The fourth-order valence-electron chi connectivity index (χ4n) is 0.0546. The van der Waals surface area contributed by atoms with Gasteiger partial charge in [0.25, 0.3) is 0 Å². The molecule has 0 heterocycles. The van der Waals surface area contributed by atoms with E-state index < -0.39 is 6.67 Å². The van der Waals surface area contributed by atoms with Crippen molar-refractivity contribution in [2.45, 2.75) is 6.92 Å². The zero-order valence-electron chi connectivity index (χ0n) is 5.79. The second kappa shape index (κ2) is 10.4. The zero-order valence-corrected chi connectivity index (χ0v) is 5.79. The Kier molecular flexibility index (Phi) is 13.0. The monoisotopic (exact) mass is 138 g/mol. The molecule has 0 aromatic heterocycles. The molecule has 0 aliphatic heterocycles. The number of hydrogen-bond donors (Lipinski definition) is 0. The van der Waals surface area contributed by atoms with Crippen molar-refractivity contribution in [3.8, 4) is 0 Å². The van der Waals surface area contributed by atoms with E-state index in [-0.39, 0.29) is 12.4 Å². The minimum absolute atomic E-state index is 0.176. The lowest BCUT2D eigenvalue weighted by atomic mass is 10.6. The Labute approximate surface area is 54.3 Å². The van der Waals surface area contributed by atoms with Crippen LogP contribution in [0.2, 0.25) is 0 Å². The first kappa shape index (κ1) is 11.2. The van der Waals surface area contributed by atoms with Crippen molar-refractivity contribution >= 4 is 0 Å². The molecule has 0 aliphatic rings. The molecular formula is C6H12F2O. The molecule has 0 rings (SSSR count). The van der Waals surface area contributed by atoms with Gasteiger partial charge in [0.2, 0.25) is 0 Å². The van der Waals surface area contributed by atoms with Crippen LogP contribution < -0.4 is 0 Å². The van der Waals surface area contributed by atoms with Crippen LogP contribution >= 0.6 is 0 Å². The predicted molar refractivity (Wildman–Crippen MR) is 33.8 cm³/mol. The Hall–Kier alpha value is -0.600. The van der Waals surface area contributed by atoms with Crippen LogP contribution in [-0.4, -0.2) is 20.5 Å². The maximum atomic E-state index is 11.2. The molecule has 0 bridgehead atoms. The minimum atomic E-state index is -0.587. The quantitative estimate of drug-likeness (QED) is 0.531. The second-order valence-corrected chi connectivity index (χ2v) is 1.14. The van der Waals surface area contributed by atoms with Gasteiger partial charge in [-0.15, -0.1) is 0 Å². The second-order valence-electron chi connectivity index (χ2n) is 1.14. The first-order valence-electron chi connectivity index (χ1n) is 2.56. The molecule has 0 aromatic carbocycles. The van der Waals surface area contributed by atoms with Crippen molar-refractivity contribution < 1.29 is 13.5 Å². The molecule has 0 N–H and O–H groups in total. The van der Waals surface area contributed by atoms with Gasteiger partial charge in [-0.3, -0.25) is 4.39 Å². The van der Waals surface area contributed by atoms with Crippen LogP contribution in [0, 0.1) is 0 Å². The van der Waals surface area contributed by atoms with Crippen LogP contribution in [0.1, 0.15) is 6.92 Å². The van der Waals surface area contributed by atoms with E-state index in [4.69, 9.17) is 0 Å². The summed E-state index contributed by atoms with van der Waals surface area (Å²) in [4.78, 5) is 0. The standard InChI is InChI=1S/C4H7FO.C2H5F/c1-4(3-5)6-2;1-2-3/h1,3H2,2H3;2H2,1H3. The maximum Gasteiger partial charge on any atom is 0.146 e. The number of allylic oxidation sites excluding steroid dienone is 1. The van der Waals surface area contributed by atoms with Crippen LogP contribution in [-0.2, 0) is 4.74 Å². The number of methoxy groups -OCH3 is 1. The van der Waals surface area contributed by atoms with Gasteiger partial charge in [0.15, 0.2) is 0 Å². The number of halogens is 2. The average Bonchev–Trinajstić information content (AvgIpc) is 1.88. The summed E-state index contributed by atoms with van der Waals surface area (Å²) >= 11 is 0. The van der Waals surface area contributed by atoms with Crippen molar-refractivity contribution in [2.24, 2.45) is 0 Å². The Bertz CT molecular complexity index is 58.1. The van der Waals surface area contributed by atoms with Crippen molar-refractivity contribution in [3.05, 3.63) is 12.3 Å². The van der Waals surface area contributed by atoms with Gasteiger partial charge in [-0.25, -0.2) is 4.39 Å². The van der Waals surface area contributed by atoms with Gasteiger partial charge in [0.1, 0.15) is 12.4 Å². The summed E-state index contributed by atoms with van der Waals surface area (Å²) in [5.74, 6) is 0.176. The molecular weight excluding hydrogens is 126 g/mol. The number of ether oxygens (including phenoxy) is 1. The van der Waals surface area contributed by atoms with Gasteiger partial charge in [-0.05, 0) is 6.92 Å². The molecule has 0 spiro atoms. The SMILES string of the molecule is C=C(CF)OC.CCF. The van der Waals surface area contributed by atoms with Gasteiger partial charge < -0.3 is 4.74 Å². The molecule has 0 aliphatic carbocycles. The summed E-state index contributed by atoms with van der Waals surface area (Å²) in [5.41, 5.74) is 0. The lowest BCUT2D eigenvalue weighted by molar-refractivity contribution is 0.258. The lowest BCUT2D eigenvalue weighted by Crippen LogP contribution is -1.82. The molecule has 9 heavy (non-hydrogen) atoms. The van der Waals surface area contributed by atoms with Gasteiger partial charge >= 0.3 is 0 Å². The molecule has 0 unspecified atom stereocenters. The van der Waals surface area contributed by atoms with Crippen LogP contribution in [0.25, 0.3) is 0 Å². The third kappa shape index (κ3) is 18.7. The first-order chi connectivity index (χ1) is 4.22. The highest BCUT2D eigenvalue weighted by atomic mass is 19.1. The van der Waals surface area contributed by atoms with Gasteiger partial charge in [0, 0.05) is 0 Å². The molecule has 0 saturated carbocycles. The fraction of sp³-hybridized carbons (Fsp3) is 0.667. The Balaban J connectivity index is 0. The number of rotatable bonds is 2. The van der Waals surface area contributed by atoms with Gasteiger partial charge in [-0.1, -0.05) is 6.58 Å². The van der Waals surface area contributed by atoms with E-state index >= 15 is 0 Å². The van der Waals surface area contributed by atoms with Crippen LogP contribution in [0.5, 0.6) is 0 Å².